The van der Waals surface area contributed by atoms with E-state index in [1.165, 1.54) is 10.9 Å². The summed E-state index contributed by atoms with van der Waals surface area (Å²) in [4.78, 5) is 5.08. The van der Waals surface area contributed by atoms with Gasteiger partial charge in [-0.3, -0.25) is 0 Å². The molecular formula is C31H28HfN2. The molecule has 1 atom stereocenters. The molecule has 2 nitrogen and oxygen atoms in total. The largest absolute Gasteiger partial charge is 4.00 e. The Kier molecular flexibility index (Phi) is 9.95. The summed E-state index contributed by atoms with van der Waals surface area (Å²) in [6, 6.07) is 40.4. The van der Waals surface area contributed by atoms with Crippen LogP contribution in [0.4, 0.5) is 5.69 Å². The minimum Gasteiger partial charge on any atom is -0.673 e. The molecular weight excluding hydrogens is 579 g/mol. The Labute approximate surface area is 222 Å². The van der Waals surface area contributed by atoms with Crippen molar-refractivity contribution in [3.05, 3.63) is 152 Å². The zero-order chi connectivity index (χ0) is 21.0. The van der Waals surface area contributed by atoms with Crippen molar-refractivity contribution in [3.63, 3.8) is 0 Å². The van der Waals surface area contributed by atoms with Crippen molar-refractivity contribution in [3.8, 4) is 11.3 Å². The minimum atomic E-state index is -0.182. The van der Waals surface area contributed by atoms with Crippen molar-refractivity contribution >= 4 is 16.5 Å². The molecule has 0 amide bonds. The summed E-state index contributed by atoms with van der Waals surface area (Å²) in [5, 5.41) is 7.43. The number of nitrogens with zero attached hydrogens (tertiary/aromatic N) is 2. The summed E-state index contributed by atoms with van der Waals surface area (Å²) < 4.78 is 0. The second-order valence-electron chi connectivity index (χ2n) is 7.61. The summed E-state index contributed by atoms with van der Waals surface area (Å²) in [7, 11) is 0. The van der Waals surface area contributed by atoms with Gasteiger partial charge in [0.05, 0.1) is 0 Å². The van der Waals surface area contributed by atoms with Crippen molar-refractivity contribution in [1.29, 1.82) is 0 Å². The smallest absolute Gasteiger partial charge is 0.673 e. The van der Waals surface area contributed by atoms with E-state index in [0.29, 0.717) is 0 Å². The van der Waals surface area contributed by atoms with Crippen LogP contribution in [0.15, 0.2) is 109 Å². The molecule has 0 aliphatic heterocycles. The topological polar surface area (TPSA) is 27.0 Å². The van der Waals surface area contributed by atoms with Gasteiger partial charge >= 0.3 is 25.8 Å². The average molecular weight is 607 g/mol. The number of rotatable bonds is 5. The molecule has 0 bridgehead atoms. The van der Waals surface area contributed by atoms with E-state index in [9.17, 15) is 0 Å². The first-order valence-electron chi connectivity index (χ1n) is 10.5. The van der Waals surface area contributed by atoms with Gasteiger partial charge in [0.2, 0.25) is 0 Å². The van der Waals surface area contributed by atoms with Gasteiger partial charge in [-0.2, -0.15) is 0 Å². The monoisotopic (exact) mass is 608 g/mol. The van der Waals surface area contributed by atoms with Crippen LogP contribution in [0.5, 0.6) is 0 Å². The SMILES string of the molecule is Cc1ccccc1C([N-]c1ccccc1)c1cccc(-c2[c-]ccc3ccccc23)n1.[CH3-].[CH3-].[Hf+4]. The molecule has 0 saturated heterocycles. The van der Waals surface area contributed by atoms with E-state index in [0.717, 1.165) is 33.6 Å². The van der Waals surface area contributed by atoms with Crippen molar-refractivity contribution in [1.82, 2.24) is 4.98 Å². The van der Waals surface area contributed by atoms with Crippen LogP contribution in [-0.4, -0.2) is 4.98 Å². The van der Waals surface area contributed by atoms with E-state index in [2.05, 4.69) is 85.8 Å². The molecule has 1 heterocycles. The maximum absolute atomic E-state index is 5.08. The van der Waals surface area contributed by atoms with Crippen LogP contribution < -0.4 is 0 Å². The molecule has 0 aliphatic rings. The summed E-state index contributed by atoms with van der Waals surface area (Å²) in [6.45, 7) is 2.13. The van der Waals surface area contributed by atoms with Gasteiger partial charge < -0.3 is 25.2 Å². The fourth-order valence-corrected chi connectivity index (χ4v) is 3.97. The Morgan fingerprint density at radius 3 is 2.24 bits per heavy atom. The van der Waals surface area contributed by atoms with Gasteiger partial charge in [-0.05, 0) is 30.3 Å². The molecule has 1 aromatic heterocycles. The second kappa shape index (κ2) is 12.4. The molecule has 0 fully saturated rings. The van der Waals surface area contributed by atoms with Gasteiger partial charge in [0, 0.05) is 5.69 Å². The predicted octanol–water partition coefficient (Wildman–Crippen LogP) is 8.70. The van der Waals surface area contributed by atoms with E-state index in [4.69, 9.17) is 10.3 Å². The van der Waals surface area contributed by atoms with Gasteiger partial charge in [0.1, 0.15) is 0 Å². The zero-order valence-corrected chi connectivity index (χ0v) is 23.5. The van der Waals surface area contributed by atoms with E-state index >= 15 is 0 Å². The molecule has 0 radical (unpaired) electrons. The summed E-state index contributed by atoms with van der Waals surface area (Å²) in [6.07, 6.45) is 0. The molecule has 5 aromatic rings. The third-order valence-corrected chi connectivity index (χ3v) is 5.55. The van der Waals surface area contributed by atoms with Gasteiger partial charge in [0.25, 0.3) is 0 Å². The molecule has 0 N–H and O–H groups in total. The predicted molar refractivity (Wildman–Crippen MR) is 141 cm³/mol. The first-order chi connectivity index (χ1) is 15.3. The van der Waals surface area contributed by atoms with Gasteiger partial charge in [-0.15, -0.1) is 34.8 Å². The Morgan fingerprint density at radius 2 is 1.44 bits per heavy atom. The molecule has 4 aromatic carbocycles. The Morgan fingerprint density at radius 1 is 0.735 bits per heavy atom. The maximum Gasteiger partial charge on any atom is 4.00 e. The number of para-hydroxylation sites is 1. The number of aryl methyl sites for hydroxylation is 1. The minimum absolute atomic E-state index is 0. The average Bonchev–Trinajstić information content (AvgIpc) is 2.83. The number of aromatic nitrogens is 1. The number of pyridine rings is 1. The van der Waals surface area contributed by atoms with Crippen molar-refractivity contribution in [2.45, 2.75) is 13.0 Å². The van der Waals surface area contributed by atoms with Crippen LogP contribution in [-0.2, 0) is 25.8 Å². The zero-order valence-electron chi connectivity index (χ0n) is 19.9. The summed E-state index contributed by atoms with van der Waals surface area (Å²) in [5.74, 6) is 0. The van der Waals surface area contributed by atoms with E-state index in [1.807, 2.05) is 36.4 Å². The van der Waals surface area contributed by atoms with Crippen LogP contribution in [0.3, 0.4) is 0 Å². The molecule has 1 unspecified atom stereocenters. The summed E-state index contributed by atoms with van der Waals surface area (Å²) >= 11 is 0. The van der Waals surface area contributed by atoms with Gasteiger partial charge in [-0.1, -0.05) is 102 Å². The van der Waals surface area contributed by atoms with Crippen molar-refractivity contribution in [2.24, 2.45) is 0 Å². The Balaban J connectivity index is 0.00000136. The molecule has 0 saturated carbocycles. The maximum atomic E-state index is 5.08. The molecule has 3 heteroatoms. The molecule has 34 heavy (non-hydrogen) atoms. The van der Waals surface area contributed by atoms with E-state index in [1.54, 1.807) is 0 Å². The fraction of sp³-hybridized carbons (Fsp3) is 0.0645. The van der Waals surface area contributed by atoms with Crippen LogP contribution in [0.1, 0.15) is 22.9 Å². The van der Waals surface area contributed by atoms with Crippen LogP contribution in [0.2, 0.25) is 0 Å². The molecule has 5 rings (SSSR count). The Bertz CT molecular complexity index is 1330. The quantitative estimate of drug-likeness (QED) is 0.145. The van der Waals surface area contributed by atoms with Crippen LogP contribution in [0.25, 0.3) is 27.3 Å². The van der Waals surface area contributed by atoms with Crippen LogP contribution in [0, 0.1) is 27.8 Å². The first kappa shape index (κ1) is 27.2. The fourth-order valence-electron chi connectivity index (χ4n) is 3.97. The number of hydrogen-bond acceptors (Lipinski definition) is 1. The second-order valence-corrected chi connectivity index (χ2v) is 7.61. The molecule has 0 aliphatic carbocycles. The van der Waals surface area contributed by atoms with Gasteiger partial charge in [-0.25, -0.2) is 0 Å². The normalized spacial score (nSPS) is 10.9. The van der Waals surface area contributed by atoms with Crippen molar-refractivity contribution < 1.29 is 25.8 Å². The first-order valence-corrected chi connectivity index (χ1v) is 10.5. The third-order valence-electron chi connectivity index (χ3n) is 5.55. The van der Waals surface area contributed by atoms with Crippen molar-refractivity contribution in [2.75, 3.05) is 0 Å². The van der Waals surface area contributed by atoms with E-state index < -0.39 is 0 Å². The molecule has 166 valence electrons. The molecule has 0 spiro atoms. The third kappa shape index (κ3) is 5.71. The standard InChI is InChI=1S/C29H22N2.2CH3.Hf/c1-21-11-5-7-16-24(21)29(30-23-14-3-2-4-15-23)28-20-10-19-27(31-28)26-18-9-13-22-12-6-8-17-25(22)26;;;/h2-17,19-20,29H,1H3;2*1H3;/q-2;2*-1;+4. The Hall–Kier alpha value is -3.04. The number of hydrogen-bond donors (Lipinski definition) is 0. The number of fused-ring (bicyclic) bond motifs is 1. The van der Waals surface area contributed by atoms with E-state index in [-0.39, 0.29) is 46.7 Å². The van der Waals surface area contributed by atoms with Crippen LogP contribution >= 0.6 is 0 Å². The summed E-state index contributed by atoms with van der Waals surface area (Å²) in [5.41, 5.74) is 6.17. The van der Waals surface area contributed by atoms with Gasteiger partial charge in [0.15, 0.2) is 0 Å². The number of benzene rings is 4.